The van der Waals surface area contributed by atoms with Crippen molar-refractivity contribution in [1.29, 1.82) is 5.26 Å². The van der Waals surface area contributed by atoms with Crippen LogP contribution in [0.15, 0.2) is 0 Å². The van der Waals surface area contributed by atoms with Gasteiger partial charge in [0.05, 0.1) is 6.07 Å². The second-order valence-corrected chi connectivity index (χ2v) is 4.73. The average Bonchev–Trinajstić information content (AvgIpc) is 2.65. The lowest BCUT2D eigenvalue weighted by Crippen LogP contribution is -2.25. The number of nitrogens with zero attached hydrogens (tertiary/aromatic N) is 1. The molecule has 0 aromatic heterocycles. The van der Waals surface area contributed by atoms with Gasteiger partial charge >= 0.3 is 0 Å². The third kappa shape index (κ3) is 4.02. The zero-order chi connectivity index (χ0) is 9.52. The highest BCUT2D eigenvalue weighted by molar-refractivity contribution is 7.99. The summed E-state index contributed by atoms with van der Waals surface area (Å²) in [6, 6.07) is 2.28. The molecule has 0 aromatic carbocycles. The monoisotopic (exact) mass is 198 g/mol. The summed E-state index contributed by atoms with van der Waals surface area (Å²) in [6.07, 6.45) is 5.64. The van der Waals surface area contributed by atoms with Crippen molar-refractivity contribution in [3.8, 4) is 6.07 Å². The van der Waals surface area contributed by atoms with Crippen molar-refractivity contribution in [3.63, 3.8) is 0 Å². The first kappa shape index (κ1) is 10.9. The summed E-state index contributed by atoms with van der Waals surface area (Å²) in [5, 5.41) is 11.7. The first-order chi connectivity index (χ1) is 6.36. The van der Waals surface area contributed by atoms with Gasteiger partial charge in [-0.2, -0.15) is 17.0 Å². The molecule has 1 rings (SSSR count). The van der Waals surface area contributed by atoms with Crippen LogP contribution in [0.3, 0.4) is 0 Å². The lowest BCUT2D eigenvalue weighted by Gasteiger charge is -2.10. The number of nitriles is 1. The van der Waals surface area contributed by atoms with Gasteiger partial charge < -0.3 is 5.32 Å². The molecule has 0 spiro atoms. The first-order valence-corrected chi connectivity index (χ1v) is 6.17. The fourth-order valence-electron chi connectivity index (χ4n) is 1.71. The van der Waals surface area contributed by atoms with E-state index < -0.39 is 0 Å². The molecule has 1 atom stereocenters. The Morgan fingerprint density at radius 3 is 2.77 bits per heavy atom. The molecule has 2 nitrogen and oxygen atoms in total. The van der Waals surface area contributed by atoms with Crippen LogP contribution in [0.25, 0.3) is 0 Å². The number of rotatable bonds is 5. The smallest absolute Gasteiger partial charge is 0.104 e. The van der Waals surface area contributed by atoms with E-state index in [1.807, 2.05) is 18.8 Å². The molecule has 1 fully saturated rings. The normalized spacial score (nSPS) is 20.0. The third-order valence-corrected chi connectivity index (χ3v) is 3.89. The zero-order valence-corrected chi connectivity index (χ0v) is 9.07. The standard InChI is InChI=1S/C10H18N2S/c1-12-10(6-11)8-13-7-9-4-2-3-5-9/h9-10,12H,2-5,7-8H2,1H3. The largest absolute Gasteiger partial charge is 0.304 e. The van der Waals surface area contributed by atoms with Crippen LogP contribution in [0.2, 0.25) is 0 Å². The van der Waals surface area contributed by atoms with Crippen molar-refractivity contribution in [2.75, 3.05) is 18.6 Å². The highest BCUT2D eigenvalue weighted by atomic mass is 32.2. The second kappa shape index (κ2) is 6.28. The number of nitrogens with one attached hydrogen (secondary N) is 1. The lowest BCUT2D eigenvalue weighted by atomic mass is 10.1. The lowest BCUT2D eigenvalue weighted by molar-refractivity contribution is 0.622. The van der Waals surface area contributed by atoms with E-state index in [0.29, 0.717) is 0 Å². The molecular formula is C10H18N2S. The molecule has 3 heteroatoms. The minimum atomic E-state index is 0.0337. The van der Waals surface area contributed by atoms with Gasteiger partial charge in [0.25, 0.3) is 0 Å². The SMILES string of the molecule is CNC(C#N)CSCC1CCCC1. The van der Waals surface area contributed by atoms with E-state index in [9.17, 15) is 0 Å². The Kier molecular flexibility index (Phi) is 5.26. The van der Waals surface area contributed by atoms with Gasteiger partial charge in [-0.1, -0.05) is 12.8 Å². The molecule has 1 N–H and O–H groups in total. The number of hydrogen-bond acceptors (Lipinski definition) is 3. The molecule has 1 aliphatic rings. The van der Waals surface area contributed by atoms with Gasteiger partial charge in [0.1, 0.15) is 6.04 Å². The molecule has 1 aliphatic carbocycles. The summed E-state index contributed by atoms with van der Waals surface area (Å²) in [5.41, 5.74) is 0. The van der Waals surface area contributed by atoms with Crippen molar-refractivity contribution in [3.05, 3.63) is 0 Å². The number of hydrogen-bond donors (Lipinski definition) is 1. The van der Waals surface area contributed by atoms with Crippen molar-refractivity contribution in [1.82, 2.24) is 5.32 Å². The fraction of sp³-hybridized carbons (Fsp3) is 0.900. The highest BCUT2D eigenvalue weighted by Gasteiger charge is 2.15. The summed E-state index contributed by atoms with van der Waals surface area (Å²) in [7, 11) is 1.85. The highest BCUT2D eigenvalue weighted by Crippen LogP contribution is 2.27. The Hall–Kier alpha value is -0.200. The van der Waals surface area contributed by atoms with Gasteiger partial charge in [-0.05, 0) is 31.6 Å². The predicted octanol–water partition coefficient (Wildman–Crippen LogP) is 2.02. The van der Waals surface area contributed by atoms with Gasteiger partial charge in [-0.25, -0.2) is 0 Å². The molecule has 1 saturated carbocycles. The zero-order valence-electron chi connectivity index (χ0n) is 8.25. The second-order valence-electron chi connectivity index (χ2n) is 3.66. The molecular weight excluding hydrogens is 180 g/mol. The molecule has 0 bridgehead atoms. The molecule has 13 heavy (non-hydrogen) atoms. The molecule has 0 saturated heterocycles. The Balaban J connectivity index is 2.02. The van der Waals surface area contributed by atoms with Crippen LogP contribution in [-0.4, -0.2) is 24.6 Å². The van der Waals surface area contributed by atoms with Gasteiger partial charge in [0, 0.05) is 5.75 Å². The Morgan fingerprint density at radius 2 is 2.23 bits per heavy atom. The summed E-state index contributed by atoms with van der Waals surface area (Å²) in [4.78, 5) is 0. The van der Waals surface area contributed by atoms with E-state index in [1.54, 1.807) is 0 Å². The van der Waals surface area contributed by atoms with Crippen LogP contribution in [0.4, 0.5) is 0 Å². The fourth-order valence-corrected chi connectivity index (χ4v) is 2.99. The molecule has 0 amide bonds. The van der Waals surface area contributed by atoms with Crippen LogP contribution in [0, 0.1) is 17.2 Å². The summed E-state index contributed by atoms with van der Waals surface area (Å²) in [6.45, 7) is 0. The van der Waals surface area contributed by atoms with Crippen LogP contribution in [0.1, 0.15) is 25.7 Å². The van der Waals surface area contributed by atoms with E-state index >= 15 is 0 Å². The Labute approximate surface area is 85.1 Å². The predicted molar refractivity (Wildman–Crippen MR) is 57.7 cm³/mol. The van der Waals surface area contributed by atoms with E-state index in [2.05, 4.69) is 11.4 Å². The van der Waals surface area contributed by atoms with Gasteiger partial charge in [0.15, 0.2) is 0 Å². The molecule has 1 unspecified atom stereocenters. The average molecular weight is 198 g/mol. The Morgan fingerprint density at radius 1 is 1.54 bits per heavy atom. The maximum absolute atomic E-state index is 8.69. The number of thioether (sulfide) groups is 1. The third-order valence-electron chi connectivity index (χ3n) is 2.62. The van der Waals surface area contributed by atoms with Crippen molar-refractivity contribution in [2.24, 2.45) is 5.92 Å². The van der Waals surface area contributed by atoms with Gasteiger partial charge in [-0.15, -0.1) is 0 Å². The molecule has 0 aromatic rings. The van der Waals surface area contributed by atoms with Crippen LogP contribution >= 0.6 is 11.8 Å². The quantitative estimate of drug-likeness (QED) is 0.734. The molecule has 0 radical (unpaired) electrons. The van der Waals surface area contributed by atoms with E-state index in [-0.39, 0.29) is 6.04 Å². The van der Waals surface area contributed by atoms with E-state index in [4.69, 9.17) is 5.26 Å². The van der Waals surface area contributed by atoms with Gasteiger partial charge in [-0.3, -0.25) is 0 Å². The summed E-state index contributed by atoms with van der Waals surface area (Å²) in [5.74, 6) is 3.12. The van der Waals surface area contributed by atoms with Gasteiger partial charge in [0.2, 0.25) is 0 Å². The van der Waals surface area contributed by atoms with Crippen molar-refractivity contribution >= 4 is 11.8 Å². The Bertz CT molecular complexity index is 170. The minimum absolute atomic E-state index is 0.0337. The van der Waals surface area contributed by atoms with Crippen molar-refractivity contribution < 1.29 is 0 Å². The summed E-state index contributed by atoms with van der Waals surface area (Å²) >= 11 is 1.92. The minimum Gasteiger partial charge on any atom is -0.304 e. The topological polar surface area (TPSA) is 35.8 Å². The van der Waals surface area contributed by atoms with Crippen LogP contribution < -0.4 is 5.32 Å². The van der Waals surface area contributed by atoms with Crippen molar-refractivity contribution in [2.45, 2.75) is 31.7 Å². The molecule has 0 aliphatic heterocycles. The summed E-state index contributed by atoms with van der Waals surface area (Å²) < 4.78 is 0. The molecule has 0 heterocycles. The maximum Gasteiger partial charge on any atom is 0.104 e. The molecule has 74 valence electrons. The van der Waals surface area contributed by atoms with Crippen LogP contribution in [-0.2, 0) is 0 Å². The van der Waals surface area contributed by atoms with E-state index in [1.165, 1.54) is 31.4 Å². The van der Waals surface area contributed by atoms with Crippen LogP contribution in [0.5, 0.6) is 0 Å². The van der Waals surface area contributed by atoms with E-state index in [0.717, 1.165) is 11.7 Å². The maximum atomic E-state index is 8.69. The first-order valence-electron chi connectivity index (χ1n) is 5.01.